The van der Waals surface area contributed by atoms with Crippen molar-refractivity contribution in [2.24, 2.45) is 0 Å². The van der Waals surface area contributed by atoms with Crippen LogP contribution in [0.25, 0.3) is 0 Å². The normalized spacial score (nSPS) is 17.2. The highest BCUT2D eigenvalue weighted by atomic mass is 35.5. The van der Waals surface area contributed by atoms with Gasteiger partial charge < -0.3 is 20.3 Å². The molecular formula is C25H26ClF5N4O4S. The van der Waals surface area contributed by atoms with Gasteiger partial charge in [-0.05, 0) is 43.2 Å². The molecule has 2 aliphatic rings. The van der Waals surface area contributed by atoms with Crippen molar-refractivity contribution in [2.45, 2.75) is 43.9 Å². The molecule has 4 rings (SSSR count). The third kappa shape index (κ3) is 7.47. The van der Waals surface area contributed by atoms with Crippen molar-refractivity contribution in [3.63, 3.8) is 0 Å². The zero-order chi connectivity index (χ0) is 29.0. The number of nitrogens with one attached hydrogen (secondary N) is 2. The van der Waals surface area contributed by atoms with Crippen molar-refractivity contribution in [1.82, 2.24) is 10.2 Å². The van der Waals surface area contributed by atoms with Gasteiger partial charge in [0.15, 0.2) is 0 Å². The summed E-state index contributed by atoms with van der Waals surface area (Å²) in [6, 6.07) is 4.43. The second-order valence-corrected chi connectivity index (χ2v) is 11.1. The molecule has 2 aromatic rings. The van der Waals surface area contributed by atoms with Gasteiger partial charge in [0.25, 0.3) is 18.2 Å². The Morgan fingerprint density at radius 3 is 2.52 bits per heavy atom. The van der Waals surface area contributed by atoms with Gasteiger partial charge in [0.2, 0.25) is 5.91 Å². The van der Waals surface area contributed by atoms with Crippen LogP contribution in [-0.2, 0) is 14.3 Å². The molecule has 1 aromatic heterocycles. The number of morpholine rings is 1. The Labute approximate surface area is 235 Å². The summed E-state index contributed by atoms with van der Waals surface area (Å²) in [6.07, 6.45) is -6.21. The molecule has 1 aliphatic carbocycles. The third-order valence-corrected chi connectivity index (χ3v) is 7.92. The average molecular weight is 609 g/mol. The van der Waals surface area contributed by atoms with Crippen LogP contribution >= 0.6 is 22.9 Å². The van der Waals surface area contributed by atoms with Crippen molar-refractivity contribution in [3.8, 4) is 0 Å². The number of hydrogen-bond acceptors (Lipinski definition) is 6. The number of halogens is 6. The molecule has 0 radical (unpaired) electrons. The molecule has 218 valence electrons. The van der Waals surface area contributed by atoms with E-state index in [4.69, 9.17) is 16.3 Å². The molecule has 1 saturated heterocycles. The summed E-state index contributed by atoms with van der Waals surface area (Å²) in [5.74, 6) is -2.05. The molecule has 1 saturated carbocycles. The minimum absolute atomic E-state index is 0.151. The van der Waals surface area contributed by atoms with Crippen molar-refractivity contribution in [2.75, 3.05) is 43.1 Å². The van der Waals surface area contributed by atoms with E-state index in [-0.39, 0.29) is 36.0 Å². The molecule has 1 aromatic carbocycles. The van der Waals surface area contributed by atoms with Crippen LogP contribution in [0, 0.1) is 0 Å². The summed E-state index contributed by atoms with van der Waals surface area (Å²) >= 11 is 6.82. The van der Waals surface area contributed by atoms with Gasteiger partial charge in [-0.15, -0.1) is 11.3 Å². The molecule has 2 fully saturated rings. The lowest BCUT2D eigenvalue weighted by Crippen LogP contribution is -2.58. The van der Waals surface area contributed by atoms with Crippen molar-refractivity contribution in [3.05, 3.63) is 45.1 Å². The highest BCUT2D eigenvalue weighted by molar-refractivity contribution is 7.18. The molecule has 2 N–H and O–H groups in total. The first-order valence-corrected chi connectivity index (χ1v) is 13.6. The van der Waals surface area contributed by atoms with Gasteiger partial charge in [-0.25, -0.2) is 8.78 Å². The number of alkyl halides is 5. The summed E-state index contributed by atoms with van der Waals surface area (Å²) in [5, 5.41) is 4.83. The fraction of sp³-hybridized carbons (Fsp3) is 0.480. The zero-order valence-corrected chi connectivity index (χ0v) is 22.6. The van der Waals surface area contributed by atoms with Gasteiger partial charge in [-0.2, -0.15) is 13.2 Å². The van der Waals surface area contributed by atoms with Crippen LogP contribution in [0.4, 0.5) is 33.3 Å². The van der Waals surface area contributed by atoms with Crippen LogP contribution in [-0.4, -0.2) is 73.7 Å². The molecule has 8 nitrogen and oxygen atoms in total. The van der Waals surface area contributed by atoms with E-state index in [1.54, 1.807) is 0 Å². The van der Waals surface area contributed by atoms with E-state index in [1.165, 1.54) is 29.2 Å². The Kier molecular flexibility index (Phi) is 9.64. The number of anilines is 2. The van der Waals surface area contributed by atoms with Gasteiger partial charge in [-0.1, -0.05) is 18.0 Å². The molecule has 40 heavy (non-hydrogen) atoms. The molecule has 1 aliphatic heterocycles. The van der Waals surface area contributed by atoms with Crippen LogP contribution in [0.15, 0.2) is 30.3 Å². The minimum Gasteiger partial charge on any atom is -0.370 e. The number of thiophene rings is 1. The van der Waals surface area contributed by atoms with E-state index in [0.717, 1.165) is 22.3 Å². The first-order valence-electron chi connectivity index (χ1n) is 12.4. The van der Waals surface area contributed by atoms with E-state index >= 15 is 0 Å². The predicted octanol–water partition coefficient (Wildman–Crippen LogP) is 4.86. The zero-order valence-electron chi connectivity index (χ0n) is 21.0. The molecule has 3 amide bonds. The maximum atomic E-state index is 14.0. The monoisotopic (exact) mass is 608 g/mol. The van der Waals surface area contributed by atoms with E-state index in [1.807, 2.05) is 0 Å². The largest absolute Gasteiger partial charge is 0.401 e. The third-order valence-electron chi connectivity index (χ3n) is 6.69. The fourth-order valence-electron chi connectivity index (χ4n) is 4.51. The van der Waals surface area contributed by atoms with Gasteiger partial charge in [0.05, 0.1) is 22.4 Å². The maximum Gasteiger partial charge on any atom is 0.401 e. The van der Waals surface area contributed by atoms with Crippen molar-refractivity contribution >= 4 is 52.0 Å². The first kappa shape index (κ1) is 30.2. The number of benzene rings is 1. The number of hydrogen-bond donors (Lipinski definition) is 2. The van der Waals surface area contributed by atoms with Gasteiger partial charge in [-0.3, -0.25) is 19.3 Å². The lowest BCUT2D eigenvalue weighted by atomic mass is 9.90. The molecule has 15 heteroatoms. The Morgan fingerprint density at radius 1 is 1.20 bits per heavy atom. The lowest BCUT2D eigenvalue weighted by molar-refractivity contribution is -0.163. The standard InChI is InChI=1S/C25H26ClF5N4O4S/c26-20-7-6-19(40-20)24(38)32-11-18(35(13-25(29,30)31)14-2-1-3-14)23(37)33-17-5-4-15(10-16(17)22(27)28)34-8-9-39-12-21(34)36/h4-7,10,14,18,22H,1-3,8-9,11-13H2,(H,32,38)(H,33,37)/t18-/m1/s1. The Morgan fingerprint density at radius 2 is 1.95 bits per heavy atom. The van der Waals surface area contributed by atoms with E-state index < -0.39 is 61.1 Å². The number of ether oxygens (including phenoxy) is 1. The summed E-state index contributed by atoms with van der Waals surface area (Å²) in [6.45, 7) is -1.76. The van der Waals surface area contributed by atoms with Gasteiger partial charge >= 0.3 is 6.18 Å². The molecule has 0 spiro atoms. The molecule has 0 bridgehead atoms. The topological polar surface area (TPSA) is 91.0 Å². The molecule has 2 heterocycles. The second-order valence-electron chi connectivity index (χ2n) is 9.36. The highest BCUT2D eigenvalue weighted by Gasteiger charge is 2.42. The molecule has 1 atom stereocenters. The summed E-state index contributed by atoms with van der Waals surface area (Å²) in [4.78, 5) is 40.6. The molecular weight excluding hydrogens is 583 g/mol. The van der Waals surface area contributed by atoms with E-state index in [0.29, 0.717) is 23.6 Å². The van der Waals surface area contributed by atoms with Crippen molar-refractivity contribution in [1.29, 1.82) is 0 Å². The average Bonchev–Trinajstić information content (AvgIpc) is 3.29. The number of nitrogens with zero attached hydrogens (tertiary/aromatic N) is 2. The minimum atomic E-state index is -4.65. The Hall–Kier alpha value is -2.81. The Bertz CT molecular complexity index is 1240. The van der Waals surface area contributed by atoms with E-state index in [9.17, 15) is 36.3 Å². The smallest absolute Gasteiger partial charge is 0.370 e. The summed E-state index contributed by atoms with van der Waals surface area (Å²) in [5.41, 5.74) is -0.744. The molecule has 0 unspecified atom stereocenters. The second kappa shape index (κ2) is 12.8. The lowest BCUT2D eigenvalue weighted by Gasteiger charge is -2.42. The van der Waals surface area contributed by atoms with E-state index in [2.05, 4.69) is 10.6 Å². The fourth-order valence-corrected chi connectivity index (χ4v) is 5.47. The number of amides is 3. The number of carbonyl (C=O) groups excluding carboxylic acids is 3. The van der Waals surface area contributed by atoms with Crippen LogP contribution in [0.3, 0.4) is 0 Å². The SMILES string of the molecule is O=C(NC[C@H](C(=O)Nc1ccc(N2CCOCC2=O)cc1C(F)F)N(CC(F)(F)F)C1CCC1)c1ccc(Cl)s1. The van der Waals surface area contributed by atoms with Crippen LogP contribution in [0.1, 0.15) is 40.9 Å². The van der Waals surface area contributed by atoms with Crippen molar-refractivity contribution < 1.29 is 41.1 Å². The maximum absolute atomic E-state index is 14.0. The Balaban J connectivity index is 1.59. The number of rotatable bonds is 10. The van der Waals surface area contributed by atoms with Gasteiger partial charge in [0, 0.05) is 36.1 Å². The first-order chi connectivity index (χ1) is 18.9. The number of carbonyl (C=O) groups is 3. The predicted molar refractivity (Wildman–Crippen MR) is 139 cm³/mol. The summed E-state index contributed by atoms with van der Waals surface area (Å²) in [7, 11) is 0. The quantitative estimate of drug-likeness (QED) is 0.376. The van der Waals surface area contributed by atoms with Gasteiger partial charge in [0.1, 0.15) is 12.6 Å². The van der Waals surface area contributed by atoms with Crippen LogP contribution in [0.5, 0.6) is 0 Å². The van der Waals surface area contributed by atoms with Crippen LogP contribution in [0.2, 0.25) is 4.34 Å². The highest BCUT2D eigenvalue weighted by Crippen LogP contribution is 2.34. The summed E-state index contributed by atoms with van der Waals surface area (Å²) < 4.78 is 74.1. The van der Waals surface area contributed by atoms with Crippen LogP contribution < -0.4 is 15.5 Å².